The lowest BCUT2D eigenvalue weighted by Crippen LogP contribution is -2.15. The molecule has 0 amide bonds. The predicted octanol–water partition coefficient (Wildman–Crippen LogP) is 0.844. The molecule has 0 aliphatic heterocycles. The summed E-state index contributed by atoms with van der Waals surface area (Å²) in [6.45, 7) is 3.41. The van der Waals surface area contributed by atoms with Gasteiger partial charge in [-0.15, -0.1) is 0 Å². The van der Waals surface area contributed by atoms with E-state index in [1.54, 1.807) is 0 Å². The summed E-state index contributed by atoms with van der Waals surface area (Å²) in [5.41, 5.74) is -2.48. The highest BCUT2D eigenvalue weighted by atomic mass is 28.1. The molecule has 0 aliphatic carbocycles. The van der Waals surface area contributed by atoms with Crippen LogP contribution in [0.2, 0.25) is 0 Å². The second-order valence-electron chi connectivity index (χ2n) is 2.90. The maximum Gasteiger partial charge on any atom is 0.330 e. The van der Waals surface area contributed by atoms with Crippen molar-refractivity contribution in [1.29, 1.82) is 0 Å². The lowest BCUT2D eigenvalue weighted by molar-refractivity contribution is -0.137. The van der Waals surface area contributed by atoms with Gasteiger partial charge >= 0.3 is 5.97 Å². The van der Waals surface area contributed by atoms with Gasteiger partial charge in [0.05, 0.1) is 16.8 Å². The smallest absolute Gasteiger partial charge is 0.330 e. The van der Waals surface area contributed by atoms with Gasteiger partial charge in [0.25, 0.3) is 0 Å². The van der Waals surface area contributed by atoms with Crippen molar-refractivity contribution in [2.24, 2.45) is 0 Å². The summed E-state index contributed by atoms with van der Waals surface area (Å²) in [6, 6.07) is 0. The number of rotatable bonds is 6. The van der Waals surface area contributed by atoms with Gasteiger partial charge in [0, 0.05) is 12.5 Å². The van der Waals surface area contributed by atoms with Crippen molar-refractivity contribution in [1.82, 2.24) is 0 Å². The number of ether oxygens (including phenoxy) is 1. The van der Waals surface area contributed by atoms with Crippen LogP contribution in [-0.2, 0) is 9.53 Å². The zero-order chi connectivity index (χ0) is 10.3. The highest BCUT2D eigenvalue weighted by Crippen LogP contribution is 2.16. The fraction of sp³-hybridized carbons (Fsp3) is 0.625. The van der Waals surface area contributed by atoms with Crippen LogP contribution in [0.3, 0.4) is 0 Å². The Morgan fingerprint density at radius 1 is 1.54 bits per heavy atom. The second-order valence-corrected chi connectivity index (χ2v) is 4.36. The maximum atomic E-state index is 12.3. The fourth-order valence-corrected chi connectivity index (χ4v) is 1.12. The molecule has 0 spiro atoms. The minimum Gasteiger partial charge on any atom is -0.463 e. The maximum absolute atomic E-state index is 12.3. The number of halogens is 2. The number of hydrogen-bond acceptors (Lipinski definition) is 2. The minimum absolute atomic E-state index is 0.106. The van der Waals surface area contributed by atoms with Crippen molar-refractivity contribution in [3.8, 4) is 0 Å². The Morgan fingerprint density at radius 3 is 2.62 bits per heavy atom. The molecule has 0 fully saturated rings. The van der Waals surface area contributed by atoms with Crippen molar-refractivity contribution in [2.45, 2.75) is 24.8 Å². The van der Waals surface area contributed by atoms with Gasteiger partial charge in [-0.3, -0.25) is 0 Å². The first kappa shape index (κ1) is 12.3. The van der Waals surface area contributed by atoms with Crippen LogP contribution in [0.5, 0.6) is 0 Å². The lowest BCUT2D eigenvalue weighted by atomic mass is 10.2. The molecule has 0 radical (unpaired) electrons. The summed E-state index contributed by atoms with van der Waals surface area (Å²) in [5, 5.41) is 0. The van der Waals surface area contributed by atoms with E-state index in [-0.39, 0.29) is 23.3 Å². The van der Waals surface area contributed by atoms with Gasteiger partial charge in [-0.25, -0.2) is 13.6 Å². The van der Waals surface area contributed by atoms with Crippen LogP contribution in [0, 0.1) is 0 Å². The molecule has 0 bridgehead atoms. The molecule has 0 saturated carbocycles. The zero-order valence-electron chi connectivity index (χ0n) is 7.69. The summed E-state index contributed by atoms with van der Waals surface area (Å²) in [5.74, 6) is -0.502. The molecule has 0 saturated heterocycles. The van der Waals surface area contributed by atoms with Crippen LogP contribution in [-0.4, -0.2) is 28.4 Å². The Balaban J connectivity index is 3.27. The van der Waals surface area contributed by atoms with Gasteiger partial charge in [0.2, 0.25) is 5.55 Å². The number of carbonyl (C=O) groups excluding carboxylic acids is 1. The first-order valence-corrected chi connectivity index (χ1v) is 5.13. The first-order chi connectivity index (χ1) is 5.95. The van der Waals surface area contributed by atoms with Gasteiger partial charge in [-0.2, -0.15) is 0 Å². The molecule has 76 valence electrons. The third kappa shape index (κ3) is 9.20. The summed E-state index contributed by atoms with van der Waals surface area (Å²) in [7, 11) is -0.114. The Labute approximate surface area is 79.4 Å². The van der Waals surface area contributed by atoms with E-state index in [2.05, 4.69) is 11.3 Å². The molecular weight excluding hydrogens is 194 g/mol. The Bertz CT molecular complexity index is 177. The average molecular weight is 208 g/mol. The summed E-state index contributed by atoms with van der Waals surface area (Å²) in [6.07, 6.45) is 1.82. The van der Waals surface area contributed by atoms with E-state index in [0.29, 0.717) is 12.8 Å². The van der Waals surface area contributed by atoms with E-state index < -0.39 is 11.5 Å². The lowest BCUT2D eigenvalue weighted by Gasteiger charge is -2.09. The average Bonchev–Trinajstić information content (AvgIpc) is 2.01. The quantitative estimate of drug-likeness (QED) is 0.280. The van der Waals surface area contributed by atoms with Crippen LogP contribution in [0.4, 0.5) is 8.78 Å². The van der Waals surface area contributed by atoms with Gasteiger partial charge in [-0.1, -0.05) is 6.58 Å². The molecule has 0 aromatic carbocycles. The van der Waals surface area contributed by atoms with Crippen molar-refractivity contribution in [2.75, 3.05) is 6.61 Å². The van der Waals surface area contributed by atoms with Crippen LogP contribution in [0.15, 0.2) is 12.7 Å². The van der Waals surface area contributed by atoms with Gasteiger partial charge in [0.15, 0.2) is 0 Å². The van der Waals surface area contributed by atoms with E-state index in [0.717, 1.165) is 6.08 Å². The largest absolute Gasteiger partial charge is 0.463 e. The highest BCUT2D eigenvalue weighted by Gasteiger charge is 2.19. The molecule has 5 heteroatoms. The Kier molecular flexibility index (Phi) is 5.53. The van der Waals surface area contributed by atoms with Crippen LogP contribution < -0.4 is 0 Å². The summed E-state index contributed by atoms with van der Waals surface area (Å²) < 4.78 is 29.2. The molecule has 0 atom stereocenters. The Morgan fingerprint density at radius 2 is 2.15 bits per heavy atom. The normalized spacial score (nSPS) is 11.2. The summed E-state index contributed by atoms with van der Waals surface area (Å²) in [4.78, 5) is 10.5. The number of carbonyl (C=O) groups is 1. The van der Waals surface area contributed by atoms with Crippen LogP contribution in [0.1, 0.15) is 19.3 Å². The van der Waals surface area contributed by atoms with E-state index >= 15 is 0 Å². The second kappa shape index (κ2) is 5.85. The molecule has 0 aromatic rings. The minimum atomic E-state index is -2.48. The molecular formula is C8H14F2O2Si. The molecule has 0 heterocycles. The third-order valence-corrected chi connectivity index (χ3v) is 1.92. The molecule has 0 aliphatic rings. The number of alkyl halides is 2. The zero-order valence-corrected chi connectivity index (χ0v) is 9.69. The number of unbranched alkanes of at least 4 members (excludes halogenated alkanes) is 1. The summed E-state index contributed by atoms with van der Waals surface area (Å²) >= 11 is 0. The molecule has 13 heavy (non-hydrogen) atoms. The molecule has 2 nitrogen and oxygen atoms in total. The SMILES string of the molecule is C=CC(=O)OCCCCC(F)(F)[SiH3]. The number of hydrogen-bond donors (Lipinski definition) is 0. The van der Waals surface area contributed by atoms with Crippen molar-refractivity contribution in [3.05, 3.63) is 12.7 Å². The highest BCUT2D eigenvalue weighted by molar-refractivity contribution is 6.13. The molecule has 0 rings (SSSR count). The fourth-order valence-electron chi connectivity index (χ4n) is 0.769. The van der Waals surface area contributed by atoms with Gasteiger partial charge in [0.1, 0.15) is 0 Å². The van der Waals surface area contributed by atoms with Crippen molar-refractivity contribution in [3.63, 3.8) is 0 Å². The molecule has 0 aromatic heterocycles. The molecule has 0 N–H and O–H groups in total. The van der Waals surface area contributed by atoms with Gasteiger partial charge < -0.3 is 4.74 Å². The monoisotopic (exact) mass is 208 g/mol. The number of esters is 1. The third-order valence-electron chi connectivity index (χ3n) is 1.42. The van der Waals surface area contributed by atoms with Crippen molar-refractivity contribution < 1.29 is 18.3 Å². The van der Waals surface area contributed by atoms with Crippen molar-refractivity contribution >= 4 is 16.2 Å². The standard InChI is InChI=1S/C8H14F2O2Si/c1-2-7(11)12-6-4-3-5-8(9,10)13/h2H,1,3-6H2,13H3. The van der Waals surface area contributed by atoms with E-state index in [1.807, 2.05) is 0 Å². The van der Waals surface area contributed by atoms with E-state index in [1.165, 1.54) is 0 Å². The van der Waals surface area contributed by atoms with Gasteiger partial charge in [-0.05, 0) is 12.8 Å². The topological polar surface area (TPSA) is 26.3 Å². The van der Waals surface area contributed by atoms with Crippen LogP contribution in [0.25, 0.3) is 0 Å². The van der Waals surface area contributed by atoms with E-state index in [9.17, 15) is 13.6 Å². The molecule has 0 unspecified atom stereocenters. The van der Waals surface area contributed by atoms with Crippen LogP contribution >= 0.6 is 0 Å². The van der Waals surface area contributed by atoms with E-state index in [4.69, 9.17) is 0 Å². The first-order valence-electron chi connectivity index (χ1n) is 4.13. The predicted molar refractivity (Wildman–Crippen MR) is 49.9 cm³/mol. The Hall–Kier alpha value is -0.713.